The van der Waals surface area contributed by atoms with Crippen LogP contribution >= 0.6 is 0 Å². The smallest absolute Gasteiger partial charge is 0.130 e. The van der Waals surface area contributed by atoms with Gasteiger partial charge in [0.1, 0.15) is 11.6 Å². The first-order valence-corrected chi connectivity index (χ1v) is 6.39. The molecular formula is C14H20F2N2. The number of likely N-dealkylation sites (tertiary alicyclic amines) is 1. The molecule has 2 nitrogen and oxygen atoms in total. The van der Waals surface area contributed by atoms with E-state index in [1.807, 2.05) is 6.92 Å². The molecule has 0 radical (unpaired) electrons. The zero-order valence-electron chi connectivity index (χ0n) is 11.1. The minimum atomic E-state index is -0.477. The summed E-state index contributed by atoms with van der Waals surface area (Å²) in [6.45, 7) is 4.89. The van der Waals surface area contributed by atoms with E-state index in [1.54, 1.807) is 0 Å². The molecule has 1 aromatic rings. The van der Waals surface area contributed by atoms with Crippen LogP contribution in [0.3, 0.4) is 0 Å². The molecule has 0 aliphatic carbocycles. The Balaban J connectivity index is 2.06. The third-order valence-corrected chi connectivity index (χ3v) is 3.80. The lowest BCUT2D eigenvalue weighted by molar-refractivity contribution is 0.324. The summed E-state index contributed by atoms with van der Waals surface area (Å²) >= 11 is 0. The normalized spacial score (nSPS) is 26.5. The molecular weight excluding hydrogens is 234 g/mol. The minimum absolute atomic E-state index is 0.139. The molecule has 1 saturated heterocycles. The highest BCUT2D eigenvalue weighted by Crippen LogP contribution is 2.23. The van der Waals surface area contributed by atoms with Crippen LogP contribution in [0.5, 0.6) is 0 Å². The molecule has 1 N–H and O–H groups in total. The van der Waals surface area contributed by atoms with E-state index in [9.17, 15) is 8.78 Å². The maximum Gasteiger partial charge on any atom is 0.130 e. The highest BCUT2D eigenvalue weighted by atomic mass is 19.1. The monoisotopic (exact) mass is 254 g/mol. The summed E-state index contributed by atoms with van der Waals surface area (Å²) in [5, 5.41) is 3.32. The Morgan fingerprint density at radius 2 is 1.94 bits per heavy atom. The largest absolute Gasteiger partial charge is 0.306 e. The SMILES string of the molecule is CC(NC1CC(C)N(C)C1)c1c(F)cccc1F. The second kappa shape index (κ2) is 5.33. The molecule has 3 atom stereocenters. The summed E-state index contributed by atoms with van der Waals surface area (Å²) < 4.78 is 27.3. The number of benzene rings is 1. The molecule has 100 valence electrons. The van der Waals surface area contributed by atoms with Crippen LogP contribution in [0.4, 0.5) is 8.78 Å². The third-order valence-electron chi connectivity index (χ3n) is 3.80. The van der Waals surface area contributed by atoms with E-state index < -0.39 is 11.6 Å². The standard InChI is InChI=1S/C14H20F2N2/c1-9-7-11(8-18(9)3)17-10(2)14-12(15)5-4-6-13(14)16/h4-6,9-11,17H,7-8H2,1-3H3. The van der Waals surface area contributed by atoms with Crippen molar-refractivity contribution < 1.29 is 8.78 Å². The number of rotatable bonds is 3. The van der Waals surface area contributed by atoms with Gasteiger partial charge >= 0.3 is 0 Å². The lowest BCUT2D eigenvalue weighted by Crippen LogP contribution is -2.34. The topological polar surface area (TPSA) is 15.3 Å². The average Bonchev–Trinajstić information content (AvgIpc) is 2.57. The van der Waals surface area contributed by atoms with Crippen LogP contribution in [0.25, 0.3) is 0 Å². The first-order valence-electron chi connectivity index (χ1n) is 6.39. The highest BCUT2D eigenvalue weighted by Gasteiger charge is 2.28. The first kappa shape index (κ1) is 13.4. The molecule has 3 unspecified atom stereocenters. The fourth-order valence-corrected chi connectivity index (χ4v) is 2.68. The van der Waals surface area contributed by atoms with E-state index in [1.165, 1.54) is 18.2 Å². The molecule has 0 bridgehead atoms. The van der Waals surface area contributed by atoms with Crippen LogP contribution in [-0.4, -0.2) is 30.6 Å². The summed E-state index contributed by atoms with van der Waals surface area (Å²) in [7, 11) is 2.07. The second-order valence-electron chi connectivity index (χ2n) is 5.24. The maximum absolute atomic E-state index is 13.6. The van der Waals surface area contributed by atoms with Crippen LogP contribution in [0.1, 0.15) is 31.9 Å². The van der Waals surface area contributed by atoms with Gasteiger partial charge in [0.2, 0.25) is 0 Å². The fourth-order valence-electron chi connectivity index (χ4n) is 2.68. The lowest BCUT2D eigenvalue weighted by atomic mass is 10.1. The number of halogens is 2. The molecule has 0 aromatic heterocycles. The zero-order chi connectivity index (χ0) is 13.3. The minimum Gasteiger partial charge on any atom is -0.306 e. The van der Waals surface area contributed by atoms with Crippen molar-refractivity contribution in [2.24, 2.45) is 0 Å². The van der Waals surface area contributed by atoms with E-state index in [4.69, 9.17) is 0 Å². The van der Waals surface area contributed by atoms with Gasteiger partial charge in [-0.05, 0) is 39.4 Å². The third kappa shape index (κ3) is 2.70. The van der Waals surface area contributed by atoms with Crippen molar-refractivity contribution in [3.63, 3.8) is 0 Å². The number of nitrogens with zero attached hydrogens (tertiary/aromatic N) is 1. The molecule has 0 spiro atoms. The molecule has 0 amide bonds. The molecule has 1 aliphatic rings. The number of likely N-dealkylation sites (N-methyl/N-ethyl adjacent to an activating group) is 1. The first-order chi connectivity index (χ1) is 8.49. The Bertz CT molecular complexity index is 392. The van der Waals surface area contributed by atoms with E-state index in [0.29, 0.717) is 12.1 Å². The average molecular weight is 254 g/mol. The van der Waals surface area contributed by atoms with Crippen molar-refractivity contribution in [1.82, 2.24) is 10.2 Å². The van der Waals surface area contributed by atoms with Crippen molar-refractivity contribution >= 4 is 0 Å². The highest BCUT2D eigenvalue weighted by molar-refractivity contribution is 5.23. The molecule has 0 saturated carbocycles. The van der Waals surface area contributed by atoms with Crippen molar-refractivity contribution in [3.8, 4) is 0 Å². The van der Waals surface area contributed by atoms with Gasteiger partial charge in [0.05, 0.1) is 0 Å². The quantitative estimate of drug-likeness (QED) is 0.892. The number of hydrogen-bond acceptors (Lipinski definition) is 2. The predicted molar refractivity (Wildman–Crippen MR) is 68.4 cm³/mol. The van der Waals surface area contributed by atoms with Crippen molar-refractivity contribution in [2.75, 3.05) is 13.6 Å². The Labute approximate surface area is 107 Å². The van der Waals surface area contributed by atoms with Crippen LogP contribution in [0.15, 0.2) is 18.2 Å². The fraction of sp³-hybridized carbons (Fsp3) is 0.571. The van der Waals surface area contributed by atoms with Gasteiger partial charge in [-0.3, -0.25) is 0 Å². The molecule has 1 aliphatic heterocycles. The van der Waals surface area contributed by atoms with Crippen LogP contribution < -0.4 is 5.32 Å². The van der Waals surface area contributed by atoms with Crippen molar-refractivity contribution in [1.29, 1.82) is 0 Å². The molecule has 1 aromatic carbocycles. The van der Waals surface area contributed by atoms with E-state index in [0.717, 1.165) is 13.0 Å². The van der Waals surface area contributed by atoms with Gasteiger partial charge in [0.25, 0.3) is 0 Å². The van der Waals surface area contributed by atoms with Gasteiger partial charge in [-0.15, -0.1) is 0 Å². The Morgan fingerprint density at radius 1 is 1.33 bits per heavy atom. The molecule has 1 heterocycles. The summed E-state index contributed by atoms with van der Waals surface area (Å²) in [4.78, 5) is 2.25. The maximum atomic E-state index is 13.6. The van der Waals surface area contributed by atoms with Gasteiger partial charge in [0, 0.05) is 30.2 Å². The van der Waals surface area contributed by atoms with Crippen molar-refractivity contribution in [3.05, 3.63) is 35.4 Å². The Morgan fingerprint density at radius 3 is 2.44 bits per heavy atom. The van der Waals surface area contributed by atoms with Crippen molar-refractivity contribution in [2.45, 2.75) is 38.4 Å². The Kier molecular flexibility index (Phi) is 3.97. The van der Waals surface area contributed by atoms with E-state index >= 15 is 0 Å². The van der Waals surface area contributed by atoms with Crippen LogP contribution in [0, 0.1) is 11.6 Å². The summed E-state index contributed by atoms with van der Waals surface area (Å²) in [5.41, 5.74) is 0.139. The summed E-state index contributed by atoms with van der Waals surface area (Å²) in [6, 6.07) is 4.50. The van der Waals surface area contributed by atoms with Gasteiger partial charge < -0.3 is 10.2 Å². The molecule has 2 rings (SSSR count). The Hall–Kier alpha value is -1.00. The summed E-state index contributed by atoms with van der Waals surface area (Å²) in [6.07, 6.45) is 1.01. The van der Waals surface area contributed by atoms with E-state index in [2.05, 4.69) is 24.2 Å². The second-order valence-corrected chi connectivity index (χ2v) is 5.24. The zero-order valence-corrected chi connectivity index (χ0v) is 11.1. The number of hydrogen-bond donors (Lipinski definition) is 1. The molecule has 18 heavy (non-hydrogen) atoms. The number of nitrogens with one attached hydrogen (secondary N) is 1. The molecule has 1 fully saturated rings. The van der Waals surface area contributed by atoms with Gasteiger partial charge in [-0.1, -0.05) is 6.07 Å². The van der Waals surface area contributed by atoms with Gasteiger partial charge in [-0.25, -0.2) is 8.78 Å². The predicted octanol–water partition coefficient (Wildman–Crippen LogP) is 2.71. The van der Waals surface area contributed by atoms with Crippen LogP contribution in [-0.2, 0) is 0 Å². The van der Waals surface area contributed by atoms with Crippen LogP contribution in [0.2, 0.25) is 0 Å². The van der Waals surface area contributed by atoms with Gasteiger partial charge in [0.15, 0.2) is 0 Å². The van der Waals surface area contributed by atoms with Gasteiger partial charge in [-0.2, -0.15) is 0 Å². The summed E-state index contributed by atoms with van der Waals surface area (Å²) in [5.74, 6) is -0.955. The molecule has 4 heteroatoms. The van der Waals surface area contributed by atoms with E-state index in [-0.39, 0.29) is 11.6 Å². The lowest BCUT2D eigenvalue weighted by Gasteiger charge is -2.20.